The van der Waals surface area contributed by atoms with Crippen molar-refractivity contribution >= 4 is 63.1 Å². The first kappa shape index (κ1) is 37.8. The van der Waals surface area contributed by atoms with E-state index < -0.39 is 35.6 Å². The Kier molecular flexibility index (Phi) is 9.56. The predicted molar refractivity (Wildman–Crippen MR) is 217 cm³/mol. The number of H-pyrrole nitrogens is 1. The van der Waals surface area contributed by atoms with Gasteiger partial charge < -0.3 is 20.1 Å². The van der Waals surface area contributed by atoms with Gasteiger partial charge in [0.1, 0.15) is 29.1 Å². The third-order valence-corrected chi connectivity index (χ3v) is 11.6. The van der Waals surface area contributed by atoms with E-state index in [0.717, 1.165) is 85.7 Å². The molecule has 2 fully saturated rings. The van der Waals surface area contributed by atoms with Crippen LogP contribution in [0.1, 0.15) is 117 Å². The maximum Gasteiger partial charge on any atom is 0.289 e. The normalized spacial score (nSPS) is 16.7. The second kappa shape index (κ2) is 14.9. The standard InChI is InChI=1S/C43H44N10O6/c1-5-52-32(20-29(50-52)24-13-14-24)46-38-36-28-18-21(2)27(34-22(3)51-59-23(34)4)19-30(28)45-37(36)48-39(49-38)41(56)44-17-8-6-7-10-25-11-9-12-26-35(25)43(58)53(42(26)57)31-15-16-33(54)47-40(31)55/h9,11-12,18-20,24,31H,5-8,10,13-17H2,1-4H3,(H,44,56)(H,47,54,55)(H2,45,46,48,49). The zero-order valence-corrected chi connectivity index (χ0v) is 33.3. The minimum absolute atomic E-state index is 0.0165. The molecule has 9 rings (SSSR count). The molecule has 0 radical (unpaired) electrons. The lowest BCUT2D eigenvalue weighted by Crippen LogP contribution is -2.54. The Balaban J connectivity index is 0.913. The fraction of sp³-hybridized carbons (Fsp3) is 0.372. The predicted octanol–water partition coefficient (Wildman–Crippen LogP) is 6.07. The molecule has 59 heavy (non-hydrogen) atoms. The van der Waals surface area contributed by atoms with Gasteiger partial charge in [-0.2, -0.15) is 5.10 Å². The van der Waals surface area contributed by atoms with Crippen molar-refractivity contribution in [3.63, 3.8) is 0 Å². The van der Waals surface area contributed by atoms with Gasteiger partial charge in [-0.15, -0.1) is 0 Å². The van der Waals surface area contributed by atoms with Gasteiger partial charge in [0.15, 0.2) is 0 Å². The molecule has 1 saturated heterocycles. The second-order valence-corrected chi connectivity index (χ2v) is 15.7. The quantitative estimate of drug-likeness (QED) is 0.0778. The maximum atomic E-state index is 13.7. The zero-order valence-electron chi connectivity index (χ0n) is 33.3. The first-order chi connectivity index (χ1) is 28.5. The minimum Gasteiger partial charge on any atom is -0.361 e. The number of fused-ring (bicyclic) bond motifs is 4. The average molecular weight is 797 g/mol. The SMILES string of the molecule is CCn1nc(C2CC2)cc1Nc1nc(C(=O)NCCCCCc2cccc3c2C(=O)N(C2CCC(=O)NC2=O)C3=O)nc2[nH]c3cc(-c4c(C)noc4C)c(C)cc3c12. The van der Waals surface area contributed by atoms with E-state index in [0.29, 0.717) is 55.3 Å². The molecular formula is C43H44N10O6. The van der Waals surface area contributed by atoms with E-state index in [9.17, 15) is 24.0 Å². The van der Waals surface area contributed by atoms with Gasteiger partial charge in [0, 0.05) is 48.0 Å². The smallest absolute Gasteiger partial charge is 0.289 e. The number of anilines is 2. The highest BCUT2D eigenvalue weighted by Gasteiger charge is 2.45. The van der Waals surface area contributed by atoms with Crippen molar-refractivity contribution in [2.45, 2.75) is 97.6 Å². The first-order valence-electron chi connectivity index (χ1n) is 20.2. The summed E-state index contributed by atoms with van der Waals surface area (Å²) >= 11 is 0. The Hall–Kier alpha value is -6.71. The highest BCUT2D eigenvalue weighted by atomic mass is 16.5. The van der Waals surface area contributed by atoms with Crippen LogP contribution in [-0.2, 0) is 22.6 Å². The van der Waals surface area contributed by atoms with Crippen LogP contribution in [0, 0.1) is 20.8 Å². The molecule has 3 aliphatic rings. The lowest BCUT2D eigenvalue weighted by atomic mass is 9.97. The van der Waals surface area contributed by atoms with Crippen LogP contribution in [0.2, 0.25) is 0 Å². The zero-order chi connectivity index (χ0) is 41.1. The number of hydrogen-bond acceptors (Lipinski definition) is 11. The van der Waals surface area contributed by atoms with E-state index in [-0.39, 0.29) is 24.2 Å². The number of aromatic amines is 1. The van der Waals surface area contributed by atoms with E-state index in [1.165, 1.54) is 0 Å². The van der Waals surface area contributed by atoms with Crippen LogP contribution in [0.25, 0.3) is 33.1 Å². The van der Waals surface area contributed by atoms with Crippen molar-refractivity contribution < 1.29 is 28.5 Å². The summed E-state index contributed by atoms with van der Waals surface area (Å²) in [5.41, 5.74) is 7.46. The summed E-state index contributed by atoms with van der Waals surface area (Å²) < 4.78 is 7.40. The second-order valence-electron chi connectivity index (χ2n) is 15.7. The number of amides is 5. The lowest BCUT2D eigenvalue weighted by molar-refractivity contribution is -0.136. The number of imide groups is 2. The molecule has 4 N–H and O–H groups in total. The largest absolute Gasteiger partial charge is 0.361 e. The van der Waals surface area contributed by atoms with Crippen molar-refractivity contribution in [1.29, 1.82) is 0 Å². The number of aryl methyl sites for hydroxylation is 5. The number of hydrogen-bond donors (Lipinski definition) is 4. The molecule has 4 aromatic heterocycles. The number of aromatic nitrogens is 6. The molecular weight excluding hydrogens is 753 g/mol. The van der Waals surface area contributed by atoms with Crippen molar-refractivity contribution in [1.82, 2.24) is 45.4 Å². The fourth-order valence-electron chi connectivity index (χ4n) is 8.45. The van der Waals surface area contributed by atoms with Crippen LogP contribution in [0.5, 0.6) is 0 Å². The van der Waals surface area contributed by atoms with Gasteiger partial charge in [-0.3, -0.25) is 34.2 Å². The van der Waals surface area contributed by atoms with Gasteiger partial charge >= 0.3 is 0 Å². The van der Waals surface area contributed by atoms with Gasteiger partial charge in [-0.25, -0.2) is 14.6 Å². The Bertz CT molecular complexity index is 2720. The molecule has 302 valence electrons. The Morgan fingerprint density at radius 2 is 1.78 bits per heavy atom. The monoisotopic (exact) mass is 796 g/mol. The third kappa shape index (κ3) is 6.81. The minimum atomic E-state index is -1.01. The molecule has 16 heteroatoms. The molecule has 0 bridgehead atoms. The highest BCUT2D eigenvalue weighted by Crippen LogP contribution is 2.41. The van der Waals surface area contributed by atoms with Gasteiger partial charge in [0.2, 0.25) is 17.6 Å². The number of benzene rings is 2. The van der Waals surface area contributed by atoms with Gasteiger partial charge in [0.05, 0.1) is 27.9 Å². The van der Waals surface area contributed by atoms with E-state index in [1.807, 2.05) is 38.4 Å². The van der Waals surface area contributed by atoms with Crippen molar-refractivity contribution in [3.8, 4) is 11.1 Å². The number of nitrogens with zero attached hydrogens (tertiary/aromatic N) is 6. The molecule has 16 nitrogen and oxygen atoms in total. The number of nitrogens with one attached hydrogen (secondary N) is 4. The molecule has 6 heterocycles. The van der Waals surface area contributed by atoms with E-state index >= 15 is 0 Å². The fourth-order valence-corrected chi connectivity index (χ4v) is 8.45. The van der Waals surface area contributed by atoms with Gasteiger partial charge in [0.25, 0.3) is 17.7 Å². The van der Waals surface area contributed by atoms with Crippen molar-refractivity contribution in [2.24, 2.45) is 0 Å². The molecule has 6 aromatic rings. The molecule has 1 unspecified atom stereocenters. The number of carbonyl (C=O) groups excluding carboxylic acids is 5. The molecule has 1 aliphatic carbocycles. The first-order valence-corrected chi connectivity index (χ1v) is 20.2. The molecule has 2 aliphatic heterocycles. The lowest BCUT2D eigenvalue weighted by Gasteiger charge is -2.27. The number of rotatable bonds is 13. The van der Waals surface area contributed by atoms with Crippen molar-refractivity contribution in [2.75, 3.05) is 11.9 Å². The molecule has 1 atom stereocenters. The summed E-state index contributed by atoms with van der Waals surface area (Å²) in [5, 5.41) is 19.4. The van der Waals surface area contributed by atoms with Gasteiger partial charge in [-0.1, -0.05) is 23.7 Å². The summed E-state index contributed by atoms with van der Waals surface area (Å²) in [4.78, 5) is 78.6. The maximum absolute atomic E-state index is 13.7. The third-order valence-electron chi connectivity index (χ3n) is 11.6. The van der Waals surface area contributed by atoms with Gasteiger partial charge in [-0.05, 0) is 101 Å². The topological polar surface area (TPSA) is 210 Å². The summed E-state index contributed by atoms with van der Waals surface area (Å²) in [6.45, 7) is 8.94. The molecule has 5 amide bonds. The van der Waals surface area contributed by atoms with Crippen LogP contribution < -0.4 is 16.0 Å². The average Bonchev–Trinajstić information content (AvgIpc) is 3.67. The molecule has 2 aromatic carbocycles. The summed E-state index contributed by atoms with van der Waals surface area (Å²) in [6, 6.07) is 10.4. The van der Waals surface area contributed by atoms with Crippen LogP contribution >= 0.6 is 0 Å². The van der Waals surface area contributed by atoms with E-state index in [2.05, 4.69) is 44.3 Å². The van der Waals surface area contributed by atoms with Crippen molar-refractivity contribution in [3.05, 3.63) is 81.6 Å². The summed E-state index contributed by atoms with van der Waals surface area (Å²) in [7, 11) is 0. The highest BCUT2D eigenvalue weighted by molar-refractivity contribution is 6.24. The number of carbonyl (C=O) groups is 5. The molecule has 1 saturated carbocycles. The van der Waals surface area contributed by atoms with Crippen LogP contribution in [-0.4, -0.2) is 76.9 Å². The Morgan fingerprint density at radius 1 is 0.949 bits per heavy atom. The van der Waals surface area contributed by atoms with Crippen LogP contribution in [0.4, 0.5) is 11.6 Å². The van der Waals surface area contributed by atoms with E-state index in [1.54, 1.807) is 12.1 Å². The van der Waals surface area contributed by atoms with Crippen LogP contribution in [0.3, 0.4) is 0 Å². The van der Waals surface area contributed by atoms with Crippen LogP contribution in [0.15, 0.2) is 40.9 Å². The summed E-state index contributed by atoms with van der Waals surface area (Å²) in [5.74, 6) is -0.00714. The Labute approximate surface area is 338 Å². The van der Waals surface area contributed by atoms with E-state index in [4.69, 9.17) is 19.6 Å². The Morgan fingerprint density at radius 3 is 2.53 bits per heavy atom. The number of piperidine rings is 1. The summed E-state index contributed by atoms with van der Waals surface area (Å²) in [6.07, 6.45) is 5.02. The molecule has 0 spiro atoms. The number of unbranched alkanes of at least 4 members (excludes halogenated alkanes) is 2.